The largest absolute Gasteiger partial charge is 0.494 e. The molecule has 1 saturated heterocycles. The van der Waals surface area contributed by atoms with E-state index in [9.17, 15) is 21.6 Å². The van der Waals surface area contributed by atoms with E-state index in [0.717, 1.165) is 18.4 Å². The normalized spacial score (nSPS) is 14.0. The molecule has 0 unspecified atom stereocenters. The van der Waals surface area contributed by atoms with Crippen LogP contribution in [0.3, 0.4) is 0 Å². The number of carbonyl (C=O) groups is 1. The molecule has 0 radical (unpaired) electrons. The number of hydrogen-bond donors (Lipinski definition) is 2. The van der Waals surface area contributed by atoms with Crippen LogP contribution in [0.5, 0.6) is 11.5 Å². The average Bonchev–Trinajstić information content (AvgIpc) is 3.50. The summed E-state index contributed by atoms with van der Waals surface area (Å²) in [5.41, 5.74) is 1.88. The molecule has 0 atom stereocenters. The molecule has 0 bridgehead atoms. The summed E-state index contributed by atoms with van der Waals surface area (Å²) in [4.78, 5) is 12.7. The number of aryl methyl sites for hydroxylation is 1. The quantitative estimate of drug-likeness (QED) is 0.305. The third kappa shape index (κ3) is 7.99. The lowest BCUT2D eigenvalue weighted by atomic mass is 10.1. The molecule has 41 heavy (non-hydrogen) atoms. The number of rotatable bonds is 13. The molecule has 1 amide bonds. The summed E-state index contributed by atoms with van der Waals surface area (Å²) in [5.74, 6) is 0.720. The van der Waals surface area contributed by atoms with Crippen molar-refractivity contribution in [2.45, 2.75) is 42.9 Å². The van der Waals surface area contributed by atoms with E-state index in [2.05, 4.69) is 10.0 Å². The number of nitrogens with one attached hydrogen (secondary N) is 2. The Morgan fingerprint density at radius 3 is 2.17 bits per heavy atom. The fraction of sp³-hybridized carbons (Fsp3) is 0.345. The number of anilines is 1. The van der Waals surface area contributed by atoms with Gasteiger partial charge in [-0.05, 0) is 98.8 Å². The van der Waals surface area contributed by atoms with Crippen molar-refractivity contribution in [3.8, 4) is 11.5 Å². The van der Waals surface area contributed by atoms with E-state index >= 15 is 0 Å². The SMILES string of the molecule is CCOc1ccc(NS(=O)(=O)c2ccc(OCC(=O)NCCc3ccc(S(=O)(=O)N4CCCC4)cc3)c(C)c2)cc1. The molecule has 1 aliphatic heterocycles. The summed E-state index contributed by atoms with van der Waals surface area (Å²) < 4.78 is 66.0. The van der Waals surface area contributed by atoms with Crippen LogP contribution < -0.4 is 19.5 Å². The first-order valence-electron chi connectivity index (χ1n) is 13.4. The molecule has 1 fully saturated rings. The average molecular weight is 602 g/mol. The molecule has 12 heteroatoms. The first-order valence-corrected chi connectivity index (χ1v) is 16.4. The predicted octanol–water partition coefficient (Wildman–Crippen LogP) is 3.72. The van der Waals surface area contributed by atoms with Gasteiger partial charge in [-0.25, -0.2) is 16.8 Å². The van der Waals surface area contributed by atoms with Crippen LogP contribution in [0.1, 0.15) is 30.9 Å². The second-order valence-corrected chi connectivity index (χ2v) is 13.3. The van der Waals surface area contributed by atoms with Crippen LogP contribution in [0.15, 0.2) is 76.5 Å². The van der Waals surface area contributed by atoms with Gasteiger partial charge in [-0.2, -0.15) is 4.31 Å². The number of ether oxygens (including phenoxy) is 2. The van der Waals surface area contributed by atoms with Crippen molar-refractivity contribution < 1.29 is 31.1 Å². The summed E-state index contributed by atoms with van der Waals surface area (Å²) in [7, 11) is -7.27. The van der Waals surface area contributed by atoms with Crippen LogP contribution in [0.2, 0.25) is 0 Å². The van der Waals surface area contributed by atoms with E-state index in [4.69, 9.17) is 9.47 Å². The second-order valence-electron chi connectivity index (χ2n) is 9.63. The van der Waals surface area contributed by atoms with Crippen molar-refractivity contribution in [3.63, 3.8) is 0 Å². The smallest absolute Gasteiger partial charge is 0.261 e. The maximum absolute atomic E-state index is 12.8. The Balaban J connectivity index is 1.24. The molecule has 3 aromatic rings. The zero-order chi connectivity index (χ0) is 29.5. The monoisotopic (exact) mass is 601 g/mol. The Bertz CT molecular complexity index is 1550. The lowest BCUT2D eigenvalue weighted by Crippen LogP contribution is -2.30. The molecular weight excluding hydrogens is 566 g/mol. The minimum absolute atomic E-state index is 0.0694. The molecule has 4 rings (SSSR count). The lowest BCUT2D eigenvalue weighted by Gasteiger charge is -2.15. The van der Waals surface area contributed by atoms with Crippen molar-refractivity contribution in [2.24, 2.45) is 0 Å². The van der Waals surface area contributed by atoms with Gasteiger partial charge in [0.15, 0.2) is 6.61 Å². The van der Waals surface area contributed by atoms with Crippen molar-refractivity contribution in [3.05, 3.63) is 77.9 Å². The van der Waals surface area contributed by atoms with Gasteiger partial charge in [0.2, 0.25) is 10.0 Å². The molecule has 1 aliphatic rings. The predicted molar refractivity (Wildman–Crippen MR) is 156 cm³/mol. The zero-order valence-electron chi connectivity index (χ0n) is 23.1. The maximum atomic E-state index is 12.8. The van der Waals surface area contributed by atoms with Crippen LogP contribution in [0.4, 0.5) is 5.69 Å². The fourth-order valence-electron chi connectivity index (χ4n) is 4.40. The number of amides is 1. The van der Waals surface area contributed by atoms with Crippen molar-refractivity contribution >= 4 is 31.6 Å². The molecule has 0 spiro atoms. The van der Waals surface area contributed by atoms with Gasteiger partial charge in [0.05, 0.1) is 16.4 Å². The summed E-state index contributed by atoms with van der Waals surface area (Å²) in [6.07, 6.45) is 2.30. The minimum atomic E-state index is -3.82. The highest BCUT2D eigenvalue weighted by atomic mass is 32.2. The molecule has 220 valence electrons. The molecule has 2 N–H and O–H groups in total. The van der Waals surface area contributed by atoms with Gasteiger partial charge in [0.1, 0.15) is 11.5 Å². The van der Waals surface area contributed by atoms with E-state index in [1.807, 2.05) is 6.92 Å². The first-order chi connectivity index (χ1) is 19.6. The first kappa shape index (κ1) is 30.4. The molecule has 1 heterocycles. The highest BCUT2D eigenvalue weighted by Gasteiger charge is 2.26. The van der Waals surface area contributed by atoms with Gasteiger partial charge in [-0.1, -0.05) is 12.1 Å². The van der Waals surface area contributed by atoms with Crippen LogP contribution in [0.25, 0.3) is 0 Å². The van der Waals surface area contributed by atoms with E-state index in [1.54, 1.807) is 55.5 Å². The van der Waals surface area contributed by atoms with Crippen LogP contribution >= 0.6 is 0 Å². The molecule has 10 nitrogen and oxygen atoms in total. The van der Waals surface area contributed by atoms with Gasteiger partial charge in [-0.15, -0.1) is 0 Å². The lowest BCUT2D eigenvalue weighted by molar-refractivity contribution is -0.123. The third-order valence-corrected chi connectivity index (χ3v) is 9.89. The Kier molecular flexibility index (Phi) is 9.90. The molecule has 0 aliphatic carbocycles. The second kappa shape index (κ2) is 13.4. The van der Waals surface area contributed by atoms with E-state index in [1.165, 1.54) is 22.5 Å². The van der Waals surface area contributed by atoms with Gasteiger partial charge in [-0.3, -0.25) is 9.52 Å². The van der Waals surface area contributed by atoms with Gasteiger partial charge >= 0.3 is 0 Å². The molecular formula is C29H35N3O7S2. The van der Waals surface area contributed by atoms with Gasteiger partial charge < -0.3 is 14.8 Å². The summed E-state index contributed by atoms with van der Waals surface area (Å²) in [6, 6.07) is 17.8. The maximum Gasteiger partial charge on any atom is 0.261 e. The van der Waals surface area contributed by atoms with E-state index in [0.29, 0.717) is 55.4 Å². The zero-order valence-corrected chi connectivity index (χ0v) is 24.8. The summed E-state index contributed by atoms with van der Waals surface area (Å²) >= 11 is 0. The highest BCUT2D eigenvalue weighted by molar-refractivity contribution is 7.92. The Hall–Kier alpha value is -3.61. The minimum Gasteiger partial charge on any atom is -0.494 e. The van der Waals surface area contributed by atoms with Crippen molar-refractivity contribution in [2.75, 3.05) is 37.6 Å². The summed E-state index contributed by atoms with van der Waals surface area (Å²) in [6.45, 7) is 5.33. The van der Waals surface area contributed by atoms with Gasteiger partial charge in [0, 0.05) is 25.3 Å². The van der Waals surface area contributed by atoms with Crippen molar-refractivity contribution in [1.29, 1.82) is 0 Å². The van der Waals surface area contributed by atoms with Crippen LogP contribution in [-0.2, 0) is 31.3 Å². The highest BCUT2D eigenvalue weighted by Crippen LogP contribution is 2.25. The molecule has 0 aromatic heterocycles. The Labute approximate surface area is 241 Å². The van der Waals surface area contributed by atoms with E-state index in [-0.39, 0.29) is 22.3 Å². The summed E-state index contributed by atoms with van der Waals surface area (Å²) in [5, 5.41) is 2.78. The van der Waals surface area contributed by atoms with E-state index < -0.39 is 20.0 Å². The number of sulfonamides is 2. The topological polar surface area (TPSA) is 131 Å². The Morgan fingerprint density at radius 2 is 1.54 bits per heavy atom. The number of carbonyl (C=O) groups excluding carboxylic acids is 1. The van der Waals surface area contributed by atoms with Crippen LogP contribution in [-0.4, -0.2) is 59.9 Å². The van der Waals surface area contributed by atoms with Crippen LogP contribution in [0, 0.1) is 6.92 Å². The fourth-order valence-corrected chi connectivity index (χ4v) is 7.06. The molecule has 0 saturated carbocycles. The standard InChI is InChI=1S/C29H35N3O7S2/c1-3-38-25-10-8-24(9-11-25)31-40(34,35)27-14-15-28(22(2)20-27)39-21-29(33)30-17-16-23-6-12-26(13-7-23)41(36,37)32-18-4-5-19-32/h6-15,20,31H,3-5,16-19,21H2,1-2H3,(H,30,33). The number of benzene rings is 3. The van der Waals surface area contributed by atoms with Crippen molar-refractivity contribution in [1.82, 2.24) is 9.62 Å². The number of nitrogens with zero attached hydrogens (tertiary/aromatic N) is 1. The number of hydrogen-bond acceptors (Lipinski definition) is 7. The molecule has 3 aromatic carbocycles. The third-order valence-electron chi connectivity index (χ3n) is 6.60. The van der Waals surface area contributed by atoms with Gasteiger partial charge in [0.25, 0.3) is 15.9 Å². The Morgan fingerprint density at radius 1 is 0.878 bits per heavy atom.